The molecule has 1 aromatic carbocycles. The molecular formula is C17H19N3O4S2. The molecule has 0 spiro atoms. The molecule has 9 heteroatoms. The Morgan fingerprint density at radius 1 is 1.38 bits per heavy atom. The highest BCUT2D eigenvalue weighted by molar-refractivity contribution is 7.73. The number of nitrogen functional groups attached to an aromatic ring is 1. The Hall–Kier alpha value is -2.10. The average Bonchev–Trinajstić information content (AvgIpc) is 3.36. The van der Waals surface area contributed by atoms with Crippen LogP contribution in [0.4, 0.5) is 5.82 Å². The number of aromatic nitrogens is 1. The smallest absolute Gasteiger partial charge is 0.265 e. The minimum Gasteiger partial charge on any atom is -0.454 e. The topological polar surface area (TPSA) is 87.7 Å². The Balaban J connectivity index is 1.44. The largest absolute Gasteiger partial charge is 0.454 e. The quantitative estimate of drug-likeness (QED) is 0.760. The maximum Gasteiger partial charge on any atom is 0.265 e. The molecule has 0 aliphatic carbocycles. The maximum absolute atomic E-state index is 12.5. The number of hydrogen-bond acceptors (Lipinski definition) is 7. The maximum atomic E-state index is 12.5. The van der Waals surface area contributed by atoms with Crippen molar-refractivity contribution in [2.24, 2.45) is 0 Å². The van der Waals surface area contributed by atoms with Gasteiger partial charge in [0.2, 0.25) is 6.79 Å². The number of thiazole rings is 1. The van der Waals surface area contributed by atoms with Crippen molar-refractivity contribution in [2.75, 3.05) is 19.1 Å². The lowest BCUT2D eigenvalue weighted by Crippen LogP contribution is -2.24. The van der Waals surface area contributed by atoms with Gasteiger partial charge in [-0.3, -0.25) is 4.79 Å². The van der Waals surface area contributed by atoms with Crippen LogP contribution in [-0.4, -0.2) is 30.0 Å². The van der Waals surface area contributed by atoms with Gasteiger partial charge in [-0.1, -0.05) is 17.4 Å². The zero-order chi connectivity index (χ0) is 18.1. The predicted octanol–water partition coefficient (Wildman–Crippen LogP) is 2.70. The van der Waals surface area contributed by atoms with Crippen LogP contribution in [0, 0.1) is 3.95 Å². The second kappa shape index (κ2) is 7.26. The highest BCUT2D eigenvalue weighted by Gasteiger charge is 2.22. The van der Waals surface area contributed by atoms with Gasteiger partial charge in [-0.05, 0) is 42.8 Å². The zero-order valence-electron chi connectivity index (χ0n) is 14.0. The van der Waals surface area contributed by atoms with Gasteiger partial charge in [-0.25, -0.2) is 0 Å². The van der Waals surface area contributed by atoms with Gasteiger partial charge in [0.1, 0.15) is 10.7 Å². The minimum atomic E-state index is -0.234. The Kier molecular flexibility index (Phi) is 4.84. The fourth-order valence-corrected chi connectivity index (χ4v) is 4.32. The molecule has 26 heavy (non-hydrogen) atoms. The van der Waals surface area contributed by atoms with Gasteiger partial charge in [0, 0.05) is 13.2 Å². The first-order chi connectivity index (χ1) is 12.6. The van der Waals surface area contributed by atoms with Crippen LogP contribution >= 0.6 is 23.6 Å². The number of fused-ring (bicyclic) bond motifs is 1. The van der Waals surface area contributed by atoms with Crippen LogP contribution in [0.15, 0.2) is 18.2 Å². The summed E-state index contributed by atoms with van der Waals surface area (Å²) in [6, 6.07) is 5.58. The van der Waals surface area contributed by atoms with Crippen molar-refractivity contribution in [2.45, 2.75) is 32.0 Å². The molecular weight excluding hydrogens is 374 g/mol. The normalized spacial score (nSPS) is 18.2. The molecule has 0 radical (unpaired) electrons. The summed E-state index contributed by atoms with van der Waals surface area (Å²) >= 11 is 6.61. The molecule has 1 fully saturated rings. The number of nitrogens with one attached hydrogen (secondary N) is 1. The van der Waals surface area contributed by atoms with E-state index in [4.69, 9.17) is 32.2 Å². The van der Waals surface area contributed by atoms with Crippen LogP contribution < -0.4 is 20.5 Å². The van der Waals surface area contributed by atoms with E-state index in [0.717, 1.165) is 25.0 Å². The third-order valence-corrected chi connectivity index (χ3v) is 5.90. The fraction of sp³-hybridized carbons (Fsp3) is 0.412. The molecule has 2 aliphatic heterocycles. The van der Waals surface area contributed by atoms with Crippen LogP contribution in [0.2, 0.25) is 0 Å². The summed E-state index contributed by atoms with van der Waals surface area (Å²) in [5.41, 5.74) is 7.10. The number of carbonyl (C=O) groups excluding carboxylic acids is 1. The number of rotatable bonds is 5. The number of anilines is 1. The van der Waals surface area contributed by atoms with Crippen molar-refractivity contribution in [3.8, 4) is 11.5 Å². The number of nitrogens with two attached hydrogens (primary N) is 1. The van der Waals surface area contributed by atoms with E-state index in [1.807, 2.05) is 18.2 Å². The Morgan fingerprint density at radius 3 is 3.04 bits per heavy atom. The van der Waals surface area contributed by atoms with Gasteiger partial charge < -0.3 is 29.8 Å². The van der Waals surface area contributed by atoms with Gasteiger partial charge in [0.15, 0.2) is 15.5 Å². The average molecular weight is 393 g/mol. The van der Waals surface area contributed by atoms with Crippen molar-refractivity contribution in [3.05, 3.63) is 32.6 Å². The number of nitrogens with zero attached hydrogens (tertiary/aromatic N) is 1. The molecule has 0 bridgehead atoms. The molecule has 0 saturated carbocycles. The summed E-state index contributed by atoms with van der Waals surface area (Å²) in [6.45, 7) is 1.95. The molecule has 4 rings (SSSR count). The summed E-state index contributed by atoms with van der Waals surface area (Å²) in [4.78, 5) is 13.0. The highest BCUT2D eigenvalue weighted by Crippen LogP contribution is 2.32. The van der Waals surface area contributed by atoms with E-state index in [1.165, 1.54) is 11.3 Å². The Bertz CT molecular complexity index is 887. The molecule has 3 heterocycles. The number of carbonyl (C=O) groups is 1. The van der Waals surface area contributed by atoms with Crippen LogP contribution in [-0.2, 0) is 17.8 Å². The molecule has 1 saturated heterocycles. The molecule has 3 N–H and O–H groups in total. The molecule has 2 aromatic rings. The monoisotopic (exact) mass is 393 g/mol. The van der Waals surface area contributed by atoms with Gasteiger partial charge in [-0.2, -0.15) is 0 Å². The van der Waals surface area contributed by atoms with Crippen LogP contribution in [0.1, 0.15) is 28.1 Å². The summed E-state index contributed by atoms with van der Waals surface area (Å²) in [5, 5.41) is 2.89. The molecule has 0 unspecified atom stereocenters. The third-order valence-electron chi connectivity index (χ3n) is 4.44. The molecule has 2 aliphatic rings. The first-order valence-corrected chi connectivity index (χ1v) is 9.61. The van der Waals surface area contributed by atoms with Crippen molar-refractivity contribution >= 4 is 35.3 Å². The van der Waals surface area contributed by atoms with E-state index in [2.05, 4.69) is 5.32 Å². The SMILES string of the molecule is Nc1c(C(=O)NCc2ccc3c(c2)OCO3)sc(=S)n1C[C@H]1CCCO1. The second-order valence-corrected chi connectivity index (χ2v) is 7.84. The third kappa shape index (κ3) is 3.42. The van der Waals surface area contributed by atoms with Crippen molar-refractivity contribution in [1.82, 2.24) is 9.88 Å². The zero-order valence-corrected chi connectivity index (χ0v) is 15.7. The second-order valence-electron chi connectivity index (χ2n) is 6.20. The number of ether oxygens (including phenoxy) is 3. The van der Waals surface area contributed by atoms with Crippen LogP contribution in [0.3, 0.4) is 0 Å². The lowest BCUT2D eigenvalue weighted by Gasteiger charge is -2.12. The molecule has 138 valence electrons. The summed E-state index contributed by atoms with van der Waals surface area (Å²) in [6.07, 6.45) is 2.15. The van der Waals surface area contributed by atoms with E-state index >= 15 is 0 Å². The predicted molar refractivity (Wildman–Crippen MR) is 100 cm³/mol. The molecule has 1 aromatic heterocycles. The van der Waals surface area contributed by atoms with E-state index in [1.54, 1.807) is 4.57 Å². The van der Waals surface area contributed by atoms with E-state index in [0.29, 0.717) is 39.2 Å². The van der Waals surface area contributed by atoms with Crippen molar-refractivity contribution < 1.29 is 19.0 Å². The lowest BCUT2D eigenvalue weighted by atomic mass is 10.2. The summed E-state index contributed by atoms with van der Waals surface area (Å²) in [5.74, 6) is 1.57. The van der Waals surface area contributed by atoms with Gasteiger partial charge in [0.25, 0.3) is 5.91 Å². The first-order valence-electron chi connectivity index (χ1n) is 8.39. The molecule has 7 nitrogen and oxygen atoms in total. The fourth-order valence-electron chi connectivity index (χ4n) is 3.06. The van der Waals surface area contributed by atoms with E-state index in [-0.39, 0.29) is 18.8 Å². The number of hydrogen-bond donors (Lipinski definition) is 2. The van der Waals surface area contributed by atoms with Gasteiger partial charge in [-0.15, -0.1) is 0 Å². The van der Waals surface area contributed by atoms with Gasteiger partial charge >= 0.3 is 0 Å². The molecule has 1 amide bonds. The van der Waals surface area contributed by atoms with Gasteiger partial charge in [0.05, 0.1) is 12.6 Å². The highest BCUT2D eigenvalue weighted by atomic mass is 32.1. The minimum absolute atomic E-state index is 0.114. The van der Waals surface area contributed by atoms with E-state index in [9.17, 15) is 4.79 Å². The van der Waals surface area contributed by atoms with Crippen LogP contribution in [0.5, 0.6) is 11.5 Å². The standard InChI is InChI=1S/C17H19N3O4S2/c18-15-14(26-17(25)20(15)8-11-2-1-5-22-11)16(21)19-7-10-3-4-12-13(6-10)24-9-23-12/h3-4,6,11H,1-2,5,7-9,18H2,(H,19,21)/t11-/m1/s1. The van der Waals surface area contributed by atoms with Crippen molar-refractivity contribution in [3.63, 3.8) is 0 Å². The van der Waals surface area contributed by atoms with E-state index < -0.39 is 0 Å². The summed E-state index contributed by atoms with van der Waals surface area (Å²) < 4.78 is 18.7. The Morgan fingerprint density at radius 2 is 2.23 bits per heavy atom. The van der Waals surface area contributed by atoms with Crippen molar-refractivity contribution in [1.29, 1.82) is 0 Å². The lowest BCUT2D eigenvalue weighted by molar-refractivity contribution is 0.0946. The molecule has 1 atom stereocenters. The first kappa shape index (κ1) is 17.3. The summed E-state index contributed by atoms with van der Waals surface area (Å²) in [7, 11) is 0. The number of amides is 1. The van der Waals surface area contributed by atoms with Crippen LogP contribution in [0.25, 0.3) is 0 Å². The number of benzene rings is 1. The Labute approximate surface area is 159 Å².